The molecule has 13 heteroatoms. The van der Waals surface area contributed by atoms with Crippen molar-refractivity contribution in [2.45, 2.75) is 44.8 Å². The molecule has 0 radical (unpaired) electrons. The molecule has 0 atom stereocenters. The van der Waals surface area contributed by atoms with Crippen molar-refractivity contribution < 1.29 is 27.5 Å². The van der Waals surface area contributed by atoms with Crippen LogP contribution < -0.4 is 10.6 Å². The fourth-order valence-corrected chi connectivity index (χ4v) is 4.99. The Hall–Kier alpha value is -3.71. The van der Waals surface area contributed by atoms with E-state index >= 15 is 0 Å². The zero-order chi connectivity index (χ0) is 30.5. The average molecular weight is 590 g/mol. The van der Waals surface area contributed by atoms with Gasteiger partial charge in [0.15, 0.2) is 5.82 Å². The van der Waals surface area contributed by atoms with E-state index in [0.717, 1.165) is 25.2 Å². The van der Waals surface area contributed by atoms with Gasteiger partial charge < -0.3 is 20.3 Å². The fourth-order valence-electron chi connectivity index (χ4n) is 4.99. The molecule has 42 heavy (non-hydrogen) atoms. The maximum Gasteiger partial charge on any atom is 0.389 e. The van der Waals surface area contributed by atoms with Gasteiger partial charge in [0, 0.05) is 68.6 Å². The summed E-state index contributed by atoms with van der Waals surface area (Å²) in [7, 11) is 1.74. The number of aryl methyl sites for hydroxylation is 1. The first-order valence-corrected chi connectivity index (χ1v) is 13.9. The molecule has 1 aromatic carbocycles. The van der Waals surface area contributed by atoms with Crippen LogP contribution in [0.2, 0.25) is 0 Å². The Kier molecular flexibility index (Phi) is 9.72. The van der Waals surface area contributed by atoms with Crippen LogP contribution in [0.1, 0.15) is 49.3 Å². The number of amides is 2. The van der Waals surface area contributed by atoms with Crippen LogP contribution in [0.3, 0.4) is 0 Å². The van der Waals surface area contributed by atoms with Crippen molar-refractivity contribution in [3.05, 3.63) is 53.9 Å². The molecule has 2 aliphatic rings. The summed E-state index contributed by atoms with van der Waals surface area (Å²) in [5.41, 5.74) is 2.33. The van der Waals surface area contributed by atoms with Gasteiger partial charge in [0.05, 0.1) is 19.6 Å². The number of carbonyl (C=O) groups excluding carboxylic acids is 2. The van der Waals surface area contributed by atoms with Gasteiger partial charge in [0.1, 0.15) is 0 Å². The van der Waals surface area contributed by atoms with Gasteiger partial charge in [-0.15, -0.1) is 5.10 Å². The predicted octanol–water partition coefficient (Wildman–Crippen LogP) is 3.91. The lowest BCUT2D eigenvalue weighted by Gasteiger charge is -2.35. The normalized spacial score (nSPS) is 16.6. The Labute approximate surface area is 243 Å². The number of rotatable bonds is 10. The van der Waals surface area contributed by atoms with Crippen LogP contribution in [0.15, 0.2) is 42.5 Å². The predicted molar refractivity (Wildman–Crippen MR) is 153 cm³/mol. The van der Waals surface area contributed by atoms with Crippen LogP contribution in [-0.2, 0) is 16.6 Å². The molecule has 0 unspecified atom stereocenters. The number of nitrogens with one attached hydrogen (secondary N) is 2. The lowest BCUT2D eigenvalue weighted by molar-refractivity contribution is -0.148. The Morgan fingerprint density at radius 1 is 1.10 bits per heavy atom. The van der Waals surface area contributed by atoms with Gasteiger partial charge in [-0.3, -0.25) is 14.5 Å². The summed E-state index contributed by atoms with van der Waals surface area (Å²) in [5.74, 6) is 0.200. The summed E-state index contributed by atoms with van der Waals surface area (Å²) >= 11 is 0. The van der Waals surface area contributed by atoms with Gasteiger partial charge in [0.25, 0.3) is 5.91 Å². The maximum absolute atomic E-state index is 12.9. The minimum atomic E-state index is -4.35. The number of hydrogen-bond acceptors (Lipinski definition) is 7. The monoisotopic (exact) mass is 589 g/mol. The quantitative estimate of drug-likeness (QED) is 0.433. The van der Waals surface area contributed by atoms with Crippen LogP contribution >= 0.6 is 0 Å². The van der Waals surface area contributed by atoms with Gasteiger partial charge >= 0.3 is 6.18 Å². The molecule has 10 nitrogen and oxygen atoms in total. The molecule has 2 aromatic rings. The van der Waals surface area contributed by atoms with E-state index in [9.17, 15) is 22.8 Å². The number of alkyl halides is 3. The summed E-state index contributed by atoms with van der Waals surface area (Å²) < 4.78 is 44.3. The SMILES string of the molecule is C=C(C1=CCN(C(=O)CCC(F)(F)F)CC1)c1nc(Nc2ccc(C(=O)NC(C)(C)CN3CCOCC3)cc2)nn1C. The first kappa shape index (κ1) is 31.2. The lowest BCUT2D eigenvalue weighted by atomic mass is 10.00. The van der Waals surface area contributed by atoms with E-state index < -0.39 is 30.5 Å². The molecule has 1 fully saturated rings. The Bertz CT molecular complexity index is 1310. The summed E-state index contributed by atoms with van der Waals surface area (Å²) in [4.78, 5) is 33.3. The molecule has 0 saturated carbocycles. The smallest absolute Gasteiger partial charge is 0.379 e. The molecule has 0 bridgehead atoms. The van der Waals surface area contributed by atoms with Crippen LogP contribution in [0.5, 0.6) is 0 Å². The third-order valence-electron chi connectivity index (χ3n) is 7.18. The summed E-state index contributed by atoms with van der Waals surface area (Å²) in [6, 6.07) is 7.03. The van der Waals surface area contributed by atoms with Gasteiger partial charge in [-0.2, -0.15) is 18.2 Å². The minimum absolute atomic E-state index is 0.157. The molecule has 3 heterocycles. The van der Waals surface area contributed by atoms with Gasteiger partial charge in [-0.05, 0) is 50.1 Å². The van der Waals surface area contributed by atoms with E-state index in [1.807, 2.05) is 13.8 Å². The number of nitrogens with zero attached hydrogens (tertiary/aromatic N) is 5. The van der Waals surface area contributed by atoms with E-state index in [4.69, 9.17) is 4.74 Å². The molecular weight excluding hydrogens is 551 g/mol. The number of benzene rings is 1. The second kappa shape index (κ2) is 13.1. The van der Waals surface area contributed by atoms with E-state index in [-0.39, 0.29) is 12.5 Å². The topological polar surface area (TPSA) is 105 Å². The molecule has 4 rings (SSSR count). The van der Waals surface area contributed by atoms with Gasteiger partial charge in [-0.25, -0.2) is 4.68 Å². The number of carbonyl (C=O) groups is 2. The Morgan fingerprint density at radius 3 is 2.40 bits per heavy atom. The second-order valence-corrected chi connectivity index (χ2v) is 11.2. The minimum Gasteiger partial charge on any atom is -0.379 e. The van der Waals surface area contributed by atoms with Crippen molar-refractivity contribution in [2.24, 2.45) is 7.05 Å². The number of hydrogen-bond donors (Lipinski definition) is 2. The largest absolute Gasteiger partial charge is 0.389 e. The summed E-state index contributed by atoms with van der Waals surface area (Å²) in [6.07, 6.45) is -3.77. The van der Waals surface area contributed by atoms with Crippen molar-refractivity contribution >= 4 is 29.0 Å². The average Bonchev–Trinajstić information content (AvgIpc) is 3.30. The highest BCUT2D eigenvalue weighted by atomic mass is 19.4. The zero-order valence-electron chi connectivity index (χ0n) is 24.3. The highest BCUT2D eigenvalue weighted by Gasteiger charge is 2.30. The number of ether oxygens (including phenoxy) is 1. The molecule has 2 amide bonds. The van der Waals surface area contributed by atoms with Crippen molar-refractivity contribution in [1.82, 2.24) is 29.9 Å². The third-order valence-corrected chi connectivity index (χ3v) is 7.18. The first-order valence-electron chi connectivity index (χ1n) is 13.9. The zero-order valence-corrected chi connectivity index (χ0v) is 24.3. The molecule has 0 aliphatic carbocycles. The maximum atomic E-state index is 12.9. The Balaban J connectivity index is 1.31. The number of anilines is 2. The number of aromatic nitrogens is 3. The van der Waals surface area contributed by atoms with Crippen LogP contribution in [0.25, 0.3) is 5.57 Å². The molecule has 1 saturated heterocycles. The fraction of sp³-hybridized carbons (Fsp3) is 0.517. The van der Waals surface area contributed by atoms with Gasteiger partial charge in [0.2, 0.25) is 11.9 Å². The Morgan fingerprint density at radius 2 is 1.79 bits per heavy atom. The van der Waals surface area contributed by atoms with Crippen molar-refractivity contribution in [3.63, 3.8) is 0 Å². The van der Waals surface area contributed by atoms with E-state index in [0.29, 0.717) is 54.8 Å². The van der Waals surface area contributed by atoms with Crippen molar-refractivity contribution in [2.75, 3.05) is 51.3 Å². The van der Waals surface area contributed by atoms with E-state index in [1.54, 1.807) is 42.1 Å². The van der Waals surface area contributed by atoms with Crippen LogP contribution in [0, 0.1) is 0 Å². The molecule has 2 aliphatic heterocycles. The van der Waals surface area contributed by atoms with E-state index in [1.165, 1.54) is 4.90 Å². The highest BCUT2D eigenvalue weighted by Crippen LogP contribution is 2.28. The third kappa shape index (κ3) is 8.65. The molecule has 2 N–H and O–H groups in total. The summed E-state index contributed by atoms with van der Waals surface area (Å²) in [6.45, 7) is 12.5. The number of halogens is 3. The highest BCUT2D eigenvalue weighted by molar-refractivity contribution is 5.95. The van der Waals surface area contributed by atoms with Crippen LogP contribution in [0.4, 0.5) is 24.8 Å². The van der Waals surface area contributed by atoms with Crippen molar-refractivity contribution in [1.29, 1.82) is 0 Å². The van der Waals surface area contributed by atoms with Crippen LogP contribution in [-0.4, -0.2) is 94.0 Å². The number of allylic oxidation sites excluding steroid dienone is 1. The lowest BCUT2D eigenvalue weighted by Crippen LogP contribution is -2.53. The standard InChI is InChI=1S/C29H38F3N7O3/c1-20(21-10-13-39(14-11-21)24(40)9-12-29(30,31)32)25-34-27(36-37(25)4)33-23-7-5-22(6-8-23)26(41)35-28(2,3)19-38-15-17-42-18-16-38/h5-8,10H,1,9,11-19H2,2-4H3,(H,33,36)(H,35,41). The molecular formula is C29H38F3N7O3. The molecule has 0 spiro atoms. The molecule has 1 aromatic heterocycles. The number of morpholine rings is 1. The van der Waals surface area contributed by atoms with E-state index in [2.05, 4.69) is 32.2 Å². The first-order chi connectivity index (χ1) is 19.8. The second-order valence-electron chi connectivity index (χ2n) is 11.2. The molecule has 228 valence electrons. The van der Waals surface area contributed by atoms with Gasteiger partial charge in [-0.1, -0.05) is 12.7 Å². The van der Waals surface area contributed by atoms with Crippen molar-refractivity contribution in [3.8, 4) is 0 Å². The summed E-state index contributed by atoms with van der Waals surface area (Å²) in [5, 5.41) is 10.7.